The van der Waals surface area contributed by atoms with Crippen LogP contribution in [0.4, 0.5) is 5.69 Å². The fourth-order valence-corrected chi connectivity index (χ4v) is 3.32. The monoisotopic (exact) mass is 395 g/mol. The molecule has 0 unspecified atom stereocenters. The standard InChI is InChI=1S/C20H17N3O4S/c1-25-17-5-3-4-15(18(17)26-2)20-23-16(12-28-20)19(24)22-13-6-8-14(9-7-13)27-11-10-21/h3-9,12H,11H2,1-2H3,(H,22,24). The first-order valence-corrected chi connectivity index (χ1v) is 9.12. The van der Waals surface area contributed by atoms with E-state index in [9.17, 15) is 4.79 Å². The molecule has 8 heteroatoms. The average molecular weight is 395 g/mol. The average Bonchev–Trinajstić information content (AvgIpc) is 3.22. The third kappa shape index (κ3) is 4.22. The first-order chi connectivity index (χ1) is 13.7. The van der Waals surface area contributed by atoms with E-state index in [0.29, 0.717) is 33.6 Å². The third-order valence-electron chi connectivity index (χ3n) is 3.79. The molecular formula is C20H17N3O4S. The number of hydrogen-bond acceptors (Lipinski definition) is 7. The van der Waals surface area contributed by atoms with Crippen molar-refractivity contribution in [2.45, 2.75) is 0 Å². The van der Waals surface area contributed by atoms with Crippen LogP contribution in [0.2, 0.25) is 0 Å². The largest absolute Gasteiger partial charge is 0.493 e. The fourth-order valence-electron chi connectivity index (χ4n) is 2.50. The fraction of sp³-hybridized carbons (Fsp3) is 0.150. The molecule has 0 fully saturated rings. The number of para-hydroxylation sites is 1. The van der Waals surface area contributed by atoms with Crippen molar-refractivity contribution in [3.05, 3.63) is 53.5 Å². The molecule has 0 spiro atoms. The summed E-state index contributed by atoms with van der Waals surface area (Å²) in [6.07, 6.45) is 0. The van der Waals surface area contributed by atoms with E-state index in [-0.39, 0.29) is 12.5 Å². The van der Waals surface area contributed by atoms with E-state index in [2.05, 4.69) is 10.3 Å². The van der Waals surface area contributed by atoms with Crippen molar-refractivity contribution in [1.29, 1.82) is 5.26 Å². The highest BCUT2D eigenvalue weighted by atomic mass is 32.1. The summed E-state index contributed by atoms with van der Waals surface area (Å²) in [5.41, 5.74) is 1.65. The number of rotatable bonds is 7. The number of nitriles is 1. The van der Waals surface area contributed by atoms with Gasteiger partial charge < -0.3 is 19.5 Å². The van der Waals surface area contributed by atoms with Crippen molar-refractivity contribution in [1.82, 2.24) is 4.98 Å². The predicted octanol–water partition coefficient (Wildman–Crippen LogP) is 3.98. The Kier molecular flexibility index (Phi) is 6.09. The van der Waals surface area contributed by atoms with E-state index in [0.717, 1.165) is 5.56 Å². The van der Waals surface area contributed by atoms with Gasteiger partial charge in [-0.1, -0.05) is 6.07 Å². The lowest BCUT2D eigenvalue weighted by Crippen LogP contribution is -2.12. The highest BCUT2D eigenvalue weighted by molar-refractivity contribution is 7.13. The smallest absolute Gasteiger partial charge is 0.275 e. The van der Waals surface area contributed by atoms with Gasteiger partial charge in [0.25, 0.3) is 5.91 Å². The van der Waals surface area contributed by atoms with Crippen molar-refractivity contribution in [2.75, 3.05) is 26.1 Å². The summed E-state index contributed by atoms with van der Waals surface area (Å²) < 4.78 is 15.9. The zero-order chi connectivity index (χ0) is 19.9. The molecule has 1 amide bonds. The first kappa shape index (κ1) is 19.2. The molecule has 0 aliphatic carbocycles. The summed E-state index contributed by atoms with van der Waals surface area (Å²) >= 11 is 1.34. The minimum atomic E-state index is -0.324. The molecule has 3 aromatic rings. The number of carbonyl (C=O) groups excluding carboxylic acids is 1. The van der Waals surface area contributed by atoms with Gasteiger partial charge in [-0.15, -0.1) is 11.3 Å². The lowest BCUT2D eigenvalue weighted by Gasteiger charge is -2.10. The van der Waals surface area contributed by atoms with Crippen LogP contribution in [0.3, 0.4) is 0 Å². The summed E-state index contributed by atoms with van der Waals surface area (Å²) in [5.74, 6) is 1.40. The number of carbonyl (C=O) groups is 1. The SMILES string of the molecule is COc1cccc(-c2nc(C(=O)Nc3ccc(OCC#N)cc3)cs2)c1OC. The number of methoxy groups -OCH3 is 2. The Morgan fingerprint density at radius 3 is 2.64 bits per heavy atom. The van der Waals surface area contributed by atoms with Crippen LogP contribution >= 0.6 is 11.3 Å². The summed E-state index contributed by atoms with van der Waals surface area (Å²) in [7, 11) is 3.13. The van der Waals surface area contributed by atoms with Gasteiger partial charge in [0.15, 0.2) is 18.1 Å². The van der Waals surface area contributed by atoms with Crippen LogP contribution in [0, 0.1) is 11.3 Å². The summed E-state index contributed by atoms with van der Waals surface area (Å²) in [6.45, 7) is -0.0267. The zero-order valence-electron chi connectivity index (χ0n) is 15.3. The molecule has 0 saturated carbocycles. The molecule has 1 aromatic heterocycles. The van der Waals surface area contributed by atoms with Crippen LogP contribution < -0.4 is 19.5 Å². The number of anilines is 1. The van der Waals surface area contributed by atoms with Gasteiger partial charge in [0.05, 0.1) is 19.8 Å². The molecule has 142 valence electrons. The van der Waals surface area contributed by atoms with Crippen LogP contribution in [0.25, 0.3) is 10.6 Å². The molecule has 0 saturated heterocycles. The highest BCUT2D eigenvalue weighted by Crippen LogP contribution is 2.39. The van der Waals surface area contributed by atoms with Crippen molar-refractivity contribution in [3.8, 4) is 33.9 Å². The normalized spacial score (nSPS) is 10.0. The zero-order valence-corrected chi connectivity index (χ0v) is 16.1. The van der Waals surface area contributed by atoms with Crippen LogP contribution in [0.15, 0.2) is 47.8 Å². The molecule has 28 heavy (non-hydrogen) atoms. The number of hydrogen-bond donors (Lipinski definition) is 1. The Bertz CT molecular complexity index is 1010. The second-order valence-corrected chi connectivity index (χ2v) is 6.36. The van der Waals surface area contributed by atoms with Crippen LogP contribution in [-0.2, 0) is 0 Å². The number of thiazole rings is 1. The van der Waals surface area contributed by atoms with Gasteiger partial charge in [-0.25, -0.2) is 4.98 Å². The first-order valence-electron chi connectivity index (χ1n) is 8.24. The van der Waals surface area contributed by atoms with Crippen molar-refractivity contribution < 1.29 is 19.0 Å². The molecule has 0 aliphatic heterocycles. The van der Waals surface area contributed by atoms with Gasteiger partial charge in [-0.2, -0.15) is 5.26 Å². The summed E-state index contributed by atoms with van der Waals surface area (Å²) in [5, 5.41) is 13.6. The number of aromatic nitrogens is 1. The van der Waals surface area contributed by atoms with Gasteiger partial charge in [-0.3, -0.25) is 4.79 Å². The number of nitrogens with one attached hydrogen (secondary N) is 1. The second kappa shape index (κ2) is 8.88. The predicted molar refractivity (Wildman–Crippen MR) is 106 cm³/mol. The van der Waals surface area contributed by atoms with E-state index < -0.39 is 0 Å². The third-order valence-corrected chi connectivity index (χ3v) is 4.66. The lowest BCUT2D eigenvalue weighted by atomic mass is 10.2. The van der Waals surface area contributed by atoms with Crippen LogP contribution in [0.1, 0.15) is 10.5 Å². The Hall–Kier alpha value is -3.57. The molecule has 0 bridgehead atoms. The maximum Gasteiger partial charge on any atom is 0.275 e. The van der Waals surface area contributed by atoms with Gasteiger partial charge in [0, 0.05) is 11.1 Å². The molecule has 3 rings (SSSR count). The number of nitrogens with zero attached hydrogens (tertiary/aromatic N) is 2. The topological polar surface area (TPSA) is 93.5 Å². The quantitative estimate of drug-likeness (QED) is 0.650. The van der Waals surface area contributed by atoms with E-state index in [1.807, 2.05) is 18.2 Å². The Morgan fingerprint density at radius 2 is 1.96 bits per heavy atom. The van der Waals surface area contributed by atoms with Gasteiger partial charge >= 0.3 is 0 Å². The number of amides is 1. The van der Waals surface area contributed by atoms with Gasteiger partial charge in [0.2, 0.25) is 0 Å². The van der Waals surface area contributed by atoms with Crippen LogP contribution in [-0.4, -0.2) is 31.7 Å². The van der Waals surface area contributed by atoms with Gasteiger partial charge in [0.1, 0.15) is 22.5 Å². The number of ether oxygens (including phenoxy) is 3. The van der Waals surface area contributed by atoms with Crippen LogP contribution in [0.5, 0.6) is 17.2 Å². The Labute approximate surface area is 166 Å². The molecule has 0 radical (unpaired) electrons. The Morgan fingerprint density at radius 1 is 1.18 bits per heavy atom. The van der Waals surface area contributed by atoms with Crippen molar-refractivity contribution >= 4 is 22.9 Å². The minimum Gasteiger partial charge on any atom is -0.493 e. The van der Waals surface area contributed by atoms with E-state index in [1.165, 1.54) is 11.3 Å². The molecule has 1 N–H and O–H groups in total. The van der Waals surface area contributed by atoms with Crippen molar-refractivity contribution in [2.24, 2.45) is 0 Å². The van der Waals surface area contributed by atoms with Gasteiger partial charge in [-0.05, 0) is 36.4 Å². The molecule has 7 nitrogen and oxygen atoms in total. The maximum atomic E-state index is 12.5. The molecule has 0 atom stereocenters. The van der Waals surface area contributed by atoms with E-state index >= 15 is 0 Å². The minimum absolute atomic E-state index is 0.0267. The molecule has 1 heterocycles. The second-order valence-electron chi connectivity index (χ2n) is 5.50. The molecule has 0 aliphatic rings. The summed E-state index contributed by atoms with van der Waals surface area (Å²) in [6, 6.07) is 14.2. The van der Waals surface area contributed by atoms with Crippen molar-refractivity contribution in [3.63, 3.8) is 0 Å². The maximum absolute atomic E-state index is 12.5. The Balaban J connectivity index is 1.75. The number of benzene rings is 2. The highest BCUT2D eigenvalue weighted by Gasteiger charge is 2.17. The lowest BCUT2D eigenvalue weighted by molar-refractivity contribution is 0.102. The molecule has 2 aromatic carbocycles. The summed E-state index contributed by atoms with van der Waals surface area (Å²) in [4.78, 5) is 16.9. The van der Waals surface area contributed by atoms with E-state index in [1.54, 1.807) is 49.9 Å². The van der Waals surface area contributed by atoms with E-state index in [4.69, 9.17) is 19.5 Å². The molecular weight excluding hydrogens is 378 g/mol.